The van der Waals surface area contributed by atoms with Crippen molar-refractivity contribution in [2.24, 2.45) is 0 Å². The van der Waals surface area contributed by atoms with Crippen LogP contribution < -0.4 is 4.74 Å². The number of fused-ring (bicyclic) bond motifs is 1. The van der Waals surface area contributed by atoms with Gasteiger partial charge >= 0.3 is 0 Å². The molecule has 3 aromatic rings. The lowest BCUT2D eigenvalue weighted by molar-refractivity contribution is 0.0783. The van der Waals surface area contributed by atoms with Crippen LogP contribution in [0.25, 0.3) is 10.9 Å². The minimum atomic E-state index is -0.634. The van der Waals surface area contributed by atoms with E-state index in [2.05, 4.69) is 6.58 Å². The predicted molar refractivity (Wildman–Crippen MR) is 108 cm³/mol. The number of hydrogen-bond donors (Lipinski definition) is 0. The van der Waals surface area contributed by atoms with Crippen LogP contribution in [0, 0.1) is 11.6 Å². The number of likely N-dealkylation sites (tertiary alicyclic amines) is 1. The van der Waals surface area contributed by atoms with Crippen LogP contribution in [-0.2, 0) is 6.54 Å². The highest BCUT2D eigenvalue weighted by Gasteiger charge is 2.25. The molecule has 0 saturated carbocycles. The van der Waals surface area contributed by atoms with Gasteiger partial charge in [0, 0.05) is 24.0 Å². The molecule has 0 N–H and O–H groups in total. The first kappa shape index (κ1) is 19.2. The first-order valence-corrected chi connectivity index (χ1v) is 9.68. The van der Waals surface area contributed by atoms with Crippen LogP contribution in [-0.4, -0.2) is 35.1 Å². The van der Waals surface area contributed by atoms with Crippen LogP contribution in [0.15, 0.2) is 55.1 Å². The van der Waals surface area contributed by atoms with Crippen LogP contribution >= 0.6 is 0 Å². The van der Waals surface area contributed by atoms with E-state index in [1.54, 1.807) is 27.7 Å². The zero-order valence-corrected chi connectivity index (χ0v) is 16.0. The summed E-state index contributed by atoms with van der Waals surface area (Å²) >= 11 is 0. The van der Waals surface area contributed by atoms with Gasteiger partial charge in [0.1, 0.15) is 29.7 Å². The quantitative estimate of drug-likeness (QED) is 0.563. The molecule has 1 aliphatic heterocycles. The summed E-state index contributed by atoms with van der Waals surface area (Å²) in [6.07, 6.45) is 3.56. The summed E-state index contributed by atoms with van der Waals surface area (Å²) in [5, 5.41) is 0.730. The van der Waals surface area contributed by atoms with Crippen molar-refractivity contribution < 1.29 is 18.3 Å². The molecule has 1 amide bonds. The number of nitrogens with zero attached hydrogens (tertiary/aromatic N) is 2. The number of carbonyl (C=O) groups is 1. The smallest absolute Gasteiger partial charge is 0.270 e. The van der Waals surface area contributed by atoms with Crippen molar-refractivity contribution in [3.63, 3.8) is 0 Å². The van der Waals surface area contributed by atoms with Gasteiger partial charge in [-0.3, -0.25) is 4.79 Å². The van der Waals surface area contributed by atoms with E-state index < -0.39 is 11.6 Å². The fraction of sp³-hybridized carbons (Fsp3) is 0.261. The van der Waals surface area contributed by atoms with Gasteiger partial charge in [-0.15, -0.1) is 0 Å². The largest absolute Gasteiger partial charge is 0.489 e. The molecule has 1 aromatic heterocycles. The lowest BCUT2D eigenvalue weighted by Crippen LogP contribution is -2.29. The first-order chi connectivity index (χ1) is 14.1. The third-order valence-corrected chi connectivity index (χ3v) is 5.25. The molecular weight excluding hydrogens is 374 g/mol. The molecule has 1 aliphatic rings. The molecule has 0 spiro atoms. The second-order valence-electron chi connectivity index (χ2n) is 7.10. The molecule has 0 radical (unpaired) electrons. The topological polar surface area (TPSA) is 34.5 Å². The van der Waals surface area contributed by atoms with Gasteiger partial charge in [-0.1, -0.05) is 24.8 Å². The summed E-state index contributed by atoms with van der Waals surface area (Å²) in [4.78, 5) is 15.0. The van der Waals surface area contributed by atoms with Gasteiger partial charge in [-0.05, 0) is 43.2 Å². The number of benzene rings is 2. The van der Waals surface area contributed by atoms with E-state index in [1.807, 2.05) is 12.1 Å². The van der Waals surface area contributed by atoms with E-state index in [9.17, 15) is 13.6 Å². The number of carbonyl (C=O) groups excluding carboxylic acids is 1. The van der Waals surface area contributed by atoms with E-state index in [0.717, 1.165) is 18.2 Å². The average Bonchev–Trinajstić information content (AvgIpc) is 3.37. The monoisotopic (exact) mass is 396 g/mol. The average molecular weight is 396 g/mol. The molecule has 150 valence electrons. The van der Waals surface area contributed by atoms with Gasteiger partial charge in [0.25, 0.3) is 5.91 Å². The number of amides is 1. The van der Waals surface area contributed by atoms with Crippen LogP contribution in [0.1, 0.15) is 28.9 Å². The Morgan fingerprint density at radius 1 is 1.10 bits per heavy atom. The summed E-state index contributed by atoms with van der Waals surface area (Å²) in [6.45, 7) is 5.28. The van der Waals surface area contributed by atoms with E-state index >= 15 is 0 Å². The van der Waals surface area contributed by atoms with Crippen molar-refractivity contribution in [3.05, 3.63) is 78.0 Å². The summed E-state index contributed by atoms with van der Waals surface area (Å²) in [6, 6.07) is 11.0. The molecule has 29 heavy (non-hydrogen) atoms. The molecule has 2 heterocycles. The minimum absolute atomic E-state index is 0.0714. The zero-order chi connectivity index (χ0) is 20.4. The van der Waals surface area contributed by atoms with E-state index in [4.69, 9.17) is 4.74 Å². The lowest BCUT2D eigenvalue weighted by atomic mass is 10.2. The summed E-state index contributed by atoms with van der Waals surface area (Å²) in [7, 11) is 0. The van der Waals surface area contributed by atoms with Gasteiger partial charge in [-0.2, -0.15) is 0 Å². The Kier molecular flexibility index (Phi) is 5.34. The van der Waals surface area contributed by atoms with Crippen molar-refractivity contribution in [2.45, 2.75) is 19.4 Å². The normalized spacial score (nSPS) is 13.8. The van der Waals surface area contributed by atoms with E-state index in [-0.39, 0.29) is 18.0 Å². The van der Waals surface area contributed by atoms with Crippen LogP contribution in [0.3, 0.4) is 0 Å². The maximum absolute atomic E-state index is 14.3. The summed E-state index contributed by atoms with van der Waals surface area (Å²) < 4.78 is 36.1. The third kappa shape index (κ3) is 3.62. The van der Waals surface area contributed by atoms with Crippen molar-refractivity contribution in [1.82, 2.24) is 9.47 Å². The molecule has 1 saturated heterocycles. The van der Waals surface area contributed by atoms with Crippen LogP contribution in [0.5, 0.6) is 5.75 Å². The molecular formula is C23H22F2N2O2. The minimum Gasteiger partial charge on any atom is -0.489 e. The number of ether oxygens (including phenoxy) is 1. The molecule has 1 fully saturated rings. The predicted octanol–water partition coefficient (Wildman–Crippen LogP) is 4.77. The van der Waals surface area contributed by atoms with Gasteiger partial charge in [0.15, 0.2) is 0 Å². The van der Waals surface area contributed by atoms with Gasteiger partial charge in [0.2, 0.25) is 0 Å². The number of halogens is 2. The highest BCUT2D eigenvalue weighted by molar-refractivity contribution is 6.00. The summed E-state index contributed by atoms with van der Waals surface area (Å²) in [5.41, 5.74) is 1.02. The first-order valence-electron chi connectivity index (χ1n) is 9.68. The van der Waals surface area contributed by atoms with Gasteiger partial charge in [-0.25, -0.2) is 8.78 Å². The second-order valence-corrected chi connectivity index (χ2v) is 7.10. The highest BCUT2D eigenvalue weighted by atomic mass is 19.1. The fourth-order valence-electron chi connectivity index (χ4n) is 3.80. The molecule has 0 unspecified atom stereocenters. The van der Waals surface area contributed by atoms with Crippen molar-refractivity contribution >= 4 is 16.8 Å². The van der Waals surface area contributed by atoms with Crippen LogP contribution in [0.4, 0.5) is 8.78 Å². The summed E-state index contributed by atoms with van der Waals surface area (Å²) in [5.74, 6) is -0.799. The van der Waals surface area contributed by atoms with Crippen LogP contribution in [0.2, 0.25) is 0 Å². The molecule has 4 rings (SSSR count). The Morgan fingerprint density at radius 3 is 2.48 bits per heavy atom. The van der Waals surface area contributed by atoms with Crippen molar-refractivity contribution in [2.75, 3.05) is 19.7 Å². The highest BCUT2D eigenvalue weighted by Crippen LogP contribution is 2.31. The Balaban J connectivity index is 1.86. The number of aromatic nitrogens is 1. The van der Waals surface area contributed by atoms with Gasteiger partial charge in [0.05, 0.1) is 12.1 Å². The Morgan fingerprint density at radius 2 is 1.79 bits per heavy atom. The lowest BCUT2D eigenvalue weighted by Gasteiger charge is -2.18. The SMILES string of the molecule is C=CCOc1cccc2c1cc(C(=O)N1CCCC1)n2Cc1c(F)cccc1F. The molecule has 0 atom stereocenters. The number of rotatable bonds is 6. The molecule has 0 bridgehead atoms. The standard InChI is InChI=1S/C23H22F2N2O2/c1-2-13-29-22-10-6-9-20-16(22)14-21(23(28)26-11-3-4-12-26)27(20)15-17-18(24)7-5-8-19(17)25/h2,5-10,14H,1,3-4,11-13,15H2. The Hall–Kier alpha value is -3.15. The van der Waals surface area contributed by atoms with E-state index in [1.165, 1.54) is 18.2 Å². The third-order valence-electron chi connectivity index (χ3n) is 5.25. The van der Waals surface area contributed by atoms with Crippen molar-refractivity contribution in [1.29, 1.82) is 0 Å². The maximum Gasteiger partial charge on any atom is 0.270 e. The molecule has 4 nitrogen and oxygen atoms in total. The Bertz CT molecular complexity index is 1050. The molecule has 2 aromatic carbocycles. The fourth-order valence-corrected chi connectivity index (χ4v) is 3.80. The van der Waals surface area contributed by atoms with Crippen molar-refractivity contribution in [3.8, 4) is 5.75 Å². The second kappa shape index (κ2) is 8.07. The number of hydrogen-bond acceptors (Lipinski definition) is 2. The molecule has 0 aliphatic carbocycles. The Labute approximate surface area is 168 Å². The zero-order valence-electron chi connectivity index (χ0n) is 16.0. The van der Waals surface area contributed by atoms with E-state index in [0.29, 0.717) is 36.7 Å². The van der Waals surface area contributed by atoms with Gasteiger partial charge < -0.3 is 14.2 Å². The molecule has 6 heteroatoms. The maximum atomic E-state index is 14.3.